The van der Waals surface area contributed by atoms with Crippen LogP contribution < -0.4 is 10.4 Å². The van der Waals surface area contributed by atoms with Crippen molar-refractivity contribution in [1.82, 2.24) is 0 Å². The molecule has 0 nitrogen and oxygen atoms in total. The molecule has 0 bridgehead atoms. The van der Waals surface area contributed by atoms with Gasteiger partial charge in [0.1, 0.15) is 8.07 Å². The minimum Gasteiger partial charge on any atom is -0.0626 e. The van der Waals surface area contributed by atoms with Crippen molar-refractivity contribution in [1.29, 1.82) is 0 Å². The Morgan fingerprint density at radius 3 is 1.37 bits per heavy atom. The average Bonchev–Trinajstić information content (AvgIpc) is 3.02. The van der Waals surface area contributed by atoms with Crippen LogP contribution in [0.2, 0.25) is 13.1 Å². The van der Waals surface area contributed by atoms with E-state index in [1.165, 1.54) is 22.3 Å². The van der Waals surface area contributed by atoms with E-state index in [1.54, 1.807) is 32.6 Å². The van der Waals surface area contributed by atoms with Crippen LogP contribution >= 0.6 is 0 Å². The lowest BCUT2D eigenvalue weighted by atomic mass is 9.98. The first-order valence-electron chi connectivity index (χ1n) is 10.3. The van der Waals surface area contributed by atoms with Crippen molar-refractivity contribution in [2.24, 2.45) is 0 Å². The van der Waals surface area contributed by atoms with Gasteiger partial charge in [0.2, 0.25) is 0 Å². The van der Waals surface area contributed by atoms with E-state index >= 15 is 0 Å². The lowest BCUT2D eigenvalue weighted by molar-refractivity contribution is 0.922. The Morgan fingerprint density at radius 2 is 1.00 bits per heavy atom. The van der Waals surface area contributed by atoms with Crippen molar-refractivity contribution in [3.63, 3.8) is 0 Å². The van der Waals surface area contributed by atoms with Crippen LogP contribution in [0.15, 0.2) is 47.5 Å². The monoisotopic (exact) mass is 372 g/mol. The van der Waals surface area contributed by atoms with E-state index in [4.69, 9.17) is 0 Å². The van der Waals surface area contributed by atoms with Gasteiger partial charge < -0.3 is 0 Å². The molecule has 0 amide bonds. The van der Waals surface area contributed by atoms with Crippen LogP contribution in [-0.2, 0) is 0 Å². The molecule has 2 aromatic carbocycles. The standard InChI is InChI=1S/C26H32Si/c1-15-17(3)21-11-9-13-23(25(21)19(15)5)27(7,8)24-14-10-12-22-18(4)16(2)20(6)26(22)24/h9-14,19-20H,1-8H3. The molecule has 2 unspecified atom stereocenters. The van der Waals surface area contributed by atoms with Crippen molar-refractivity contribution in [3.8, 4) is 0 Å². The molecule has 0 saturated carbocycles. The highest BCUT2D eigenvalue weighted by atomic mass is 28.3. The summed E-state index contributed by atoms with van der Waals surface area (Å²) in [5, 5.41) is 3.26. The topological polar surface area (TPSA) is 0 Å². The summed E-state index contributed by atoms with van der Waals surface area (Å²) in [5.41, 5.74) is 12.3. The Hall–Kier alpha value is -1.86. The number of allylic oxidation sites excluding steroid dienone is 4. The van der Waals surface area contributed by atoms with E-state index in [0.29, 0.717) is 11.8 Å². The first-order chi connectivity index (χ1) is 12.7. The highest BCUT2D eigenvalue weighted by Crippen LogP contribution is 2.43. The van der Waals surface area contributed by atoms with Gasteiger partial charge in [-0.1, -0.05) is 84.9 Å². The van der Waals surface area contributed by atoms with Gasteiger partial charge in [0, 0.05) is 11.8 Å². The van der Waals surface area contributed by atoms with Crippen molar-refractivity contribution in [2.75, 3.05) is 0 Å². The van der Waals surface area contributed by atoms with Crippen LogP contribution in [0, 0.1) is 0 Å². The number of benzene rings is 2. The Morgan fingerprint density at radius 1 is 0.630 bits per heavy atom. The fraction of sp³-hybridized carbons (Fsp3) is 0.385. The lowest BCUT2D eigenvalue weighted by Gasteiger charge is -2.31. The number of fused-ring (bicyclic) bond motifs is 2. The van der Waals surface area contributed by atoms with Crippen molar-refractivity contribution in [2.45, 2.75) is 66.5 Å². The van der Waals surface area contributed by atoms with E-state index in [9.17, 15) is 0 Å². The highest BCUT2D eigenvalue weighted by molar-refractivity contribution is 7.01. The molecular formula is C26H32Si. The first-order valence-corrected chi connectivity index (χ1v) is 13.3. The number of rotatable bonds is 2. The summed E-state index contributed by atoms with van der Waals surface area (Å²) < 4.78 is 0. The summed E-state index contributed by atoms with van der Waals surface area (Å²) >= 11 is 0. The maximum atomic E-state index is 2.56. The molecular weight excluding hydrogens is 340 g/mol. The second kappa shape index (κ2) is 6.07. The molecule has 4 rings (SSSR count). The van der Waals surface area contributed by atoms with Gasteiger partial charge in [0.05, 0.1) is 0 Å². The van der Waals surface area contributed by atoms with Gasteiger partial charge in [-0.3, -0.25) is 0 Å². The van der Waals surface area contributed by atoms with Crippen LogP contribution in [0.1, 0.15) is 75.6 Å². The number of hydrogen-bond acceptors (Lipinski definition) is 0. The Labute approximate surface area is 166 Å². The third-order valence-electron chi connectivity index (χ3n) is 7.72. The summed E-state index contributed by atoms with van der Waals surface area (Å²) in [5.74, 6) is 1.08. The van der Waals surface area contributed by atoms with Gasteiger partial charge in [-0.25, -0.2) is 0 Å². The molecule has 0 aliphatic heterocycles. The van der Waals surface area contributed by atoms with Gasteiger partial charge in [0.25, 0.3) is 0 Å². The molecule has 0 radical (unpaired) electrons. The first kappa shape index (κ1) is 18.5. The molecule has 2 atom stereocenters. The Balaban J connectivity index is 1.94. The molecule has 0 saturated heterocycles. The van der Waals surface area contributed by atoms with Crippen molar-refractivity contribution < 1.29 is 0 Å². The summed E-state index contributed by atoms with van der Waals surface area (Å²) in [4.78, 5) is 0. The SMILES string of the molecule is CC1=C(C)C(C)c2c1cccc2[Si](C)(C)c1cccc2c1C(C)C(C)=C2C. The van der Waals surface area contributed by atoms with Gasteiger partial charge in [-0.05, 0) is 61.1 Å². The van der Waals surface area contributed by atoms with E-state index < -0.39 is 8.07 Å². The van der Waals surface area contributed by atoms with Crippen molar-refractivity contribution in [3.05, 3.63) is 69.8 Å². The average molecular weight is 373 g/mol. The third-order valence-corrected chi connectivity index (χ3v) is 11.3. The van der Waals surface area contributed by atoms with Crippen molar-refractivity contribution >= 4 is 29.6 Å². The predicted octanol–water partition coefficient (Wildman–Crippen LogP) is 6.33. The second-order valence-corrected chi connectivity index (χ2v) is 13.5. The fourth-order valence-electron chi connectivity index (χ4n) is 5.46. The van der Waals surface area contributed by atoms with E-state index in [0.717, 1.165) is 0 Å². The van der Waals surface area contributed by atoms with Crippen LogP contribution in [0.25, 0.3) is 11.1 Å². The minimum absolute atomic E-state index is 0.541. The van der Waals surface area contributed by atoms with Crippen LogP contribution in [0.3, 0.4) is 0 Å². The summed E-state index contributed by atoms with van der Waals surface area (Å²) in [7, 11) is -1.82. The van der Waals surface area contributed by atoms with Gasteiger partial charge in [-0.2, -0.15) is 0 Å². The predicted molar refractivity (Wildman–Crippen MR) is 123 cm³/mol. The summed E-state index contributed by atoms with van der Waals surface area (Å²) in [6.07, 6.45) is 0. The molecule has 0 N–H and O–H groups in total. The maximum absolute atomic E-state index is 2.56. The van der Waals surface area contributed by atoms with E-state index in [2.05, 4.69) is 91.0 Å². The maximum Gasteiger partial charge on any atom is 0.113 e. The fourth-order valence-corrected chi connectivity index (χ4v) is 8.82. The lowest BCUT2D eigenvalue weighted by Crippen LogP contribution is -2.56. The quantitative estimate of drug-likeness (QED) is 0.540. The zero-order valence-corrected chi connectivity index (χ0v) is 19.1. The summed E-state index contributed by atoms with van der Waals surface area (Å²) in [6.45, 7) is 19.1. The van der Waals surface area contributed by atoms with Gasteiger partial charge in [0.15, 0.2) is 0 Å². The van der Waals surface area contributed by atoms with Crippen LogP contribution in [0.5, 0.6) is 0 Å². The molecule has 0 heterocycles. The molecule has 0 fully saturated rings. The molecule has 1 heteroatoms. The Bertz CT molecular complexity index is 935. The van der Waals surface area contributed by atoms with Crippen LogP contribution in [0.4, 0.5) is 0 Å². The van der Waals surface area contributed by atoms with E-state index in [-0.39, 0.29) is 0 Å². The second-order valence-electron chi connectivity index (χ2n) is 9.22. The molecule has 140 valence electrons. The summed E-state index contributed by atoms with van der Waals surface area (Å²) in [6, 6.07) is 14.1. The van der Waals surface area contributed by atoms with Gasteiger partial charge >= 0.3 is 0 Å². The zero-order chi connectivity index (χ0) is 19.7. The molecule has 0 aromatic heterocycles. The molecule has 2 aromatic rings. The highest BCUT2D eigenvalue weighted by Gasteiger charge is 2.38. The molecule has 27 heavy (non-hydrogen) atoms. The number of hydrogen-bond donors (Lipinski definition) is 0. The van der Waals surface area contributed by atoms with Crippen LogP contribution in [-0.4, -0.2) is 8.07 Å². The third kappa shape index (κ3) is 2.40. The van der Waals surface area contributed by atoms with Gasteiger partial charge in [-0.15, -0.1) is 0 Å². The molecule has 2 aliphatic rings. The molecule has 0 spiro atoms. The largest absolute Gasteiger partial charge is 0.113 e. The Kier molecular flexibility index (Phi) is 4.16. The minimum atomic E-state index is -1.82. The zero-order valence-electron chi connectivity index (χ0n) is 18.1. The normalized spacial score (nSPS) is 21.8. The van der Waals surface area contributed by atoms with E-state index in [1.807, 2.05) is 0 Å². The molecule has 2 aliphatic carbocycles. The smallest absolute Gasteiger partial charge is 0.0626 e.